The molecule has 3 nitrogen and oxygen atoms in total. The van der Waals surface area contributed by atoms with Gasteiger partial charge in [-0.25, -0.2) is 0 Å². The third-order valence-corrected chi connectivity index (χ3v) is 4.63. The maximum Gasteiger partial charge on any atom is 0.119 e. The Balaban J connectivity index is 1.35. The van der Waals surface area contributed by atoms with E-state index in [2.05, 4.69) is 10.2 Å². The molecule has 1 N–H and O–H groups in total. The number of benzene rings is 1. The van der Waals surface area contributed by atoms with Crippen LogP contribution < -0.4 is 10.1 Å². The maximum atomic E-state index is 5.85. The number of likely N-dealkylation sites (tertiary alicyclic amines) is 1. The molecule has 20 heavy (non-hydrogen) atoms. The van der Waals surface area contributed by atoms with Gasteiger partial charge in [0, 0.05) is 30.7 Å². The third kappa shape index (κ3) is 3.66. The Morgan fingerprint density at radius 3 is 2.90 bits per heavy atom. The predicted molar refractivity (Wildman–Crippen MR) is 82.5 cm³/mol. The Hall–Kier alpha value is -0.770. The molecule has 110 valence electrons. The predicted octanol–water partition coefficient (Wildman–Crippen LogP) is 2.79. The van der Waals surface area contributed by atoms with E-state index in [4.69, 9.17) is 16.3 Å². The Morgan fingerprint density at radius 2 is 2.10 bits per heavy atom. The quantitative estimate of drug-likeness (QED) is 0.845. The lowest BCUT2D eigenvalue weighted by molar-refractivity contribution is 0.257. The fourth-order valence-corrected chi connectivity index (χ4v) is 3.45. The molecule has 2 aliphatic rings. The van der Waals surface area contributed by atoms with E-state index in [0.717, 1.165) is 42.3 Å². The molecule has 1 aromatic carbocycles. The second-order valence-corrected chi connectivity index (χ2v) is 6.31. The van der Waals surface area contributed by atoms with Crippen LogP contribution in [-0.4, -0.2) is 43.7 Å². The summed E-state index contributed by atoms with van der Waals surface area (Å²) in [5, 5.41) is 4.40. The molecule has 0 amide bonds. The van der Waals surface area contributed by atoms with Crippen molar-refractivity contribution in [3.63, 3.8) is 0 Å². The Morgan fingerprint density at radius 1 is 1.25 bits per heavy atom. The van der Waals surface area contributed by atoms with Crippen LogP contribution >= 0.6 is 11.6 Å². The molecule has 4 heteroatoms. The van der Waals surface area contributed by atoms with Crippen LogP contribution in [0, 0.1) is 5.92 Å². The van der Waals surface area contributed by atoms with Gasteiger partial charge in [0.15, 0.2) is 0 Å². The highest BCUT2D eigenvalue weighted by molar-refractivity contribution is 6.30. The molecule has 0 spiro atoms. The molecule has 0 bridgehead atoms. The van der Waals surface area contributed by atoms with E-state index in [-0.39, 0.29) is 0 Å². The summed E-state index contributed by atoms with van der Waals surface area (Å²) in [5.74, 6) is 1.78. The molecule has 2 heterocycles. The van der Waals surface area contributed by atoms with Gasteiger partial charge in [-0.1, -0.05) is 11.6 Å². The minimum absolute atomic E-state index is 0.737. The zero-order valence-electron chi connectivity index (χ0n) is 11.9. The first-order valence-corrected chi connectivity index (χ1v) is 8.03. The van der Waals surface area contributed by atoms with Crippen LogP contribution in [0.3, 0.4) is 0 Å². The van der Waals surface area contributed by atoms with Crippen LogP contribution in [0.15, 0.2) is 24.3 Å². The highest BCUT2D eigenvalue weighted by Gasteiger charge is 2.33. The van der Waals surface area contributed by atoms with Gasteiger partial charge in [-0.15, -0.1) is 0 Å². The minimum Gasteiger partial charge on any atom is -0.494 e. The summed E-state index contributed by atoms with van der Waals surface area (Å²) in [7, 11) is 0. The van der Waals surface area contributed by atoms with Crippen LogP contribution in [0.5, 0.6) is 5.75 Å². The first kappa shape index (κ1) is 14.2. The summed E-state index contributed by atoms with van der Waals surface area (Å²) < 4.78 is 5.74. The fraction of sp³-hybridized carbons (Fsp3) is 0.625. The first-order chi connectivity index (χ1) is 9.81. The molecule has 3 rings (SSSR count). The van der Waals surface area contributed by atoms with Crippen molar-refractivity contribution in [2.45, 2.75) is 25.3 Å². The number of nitrogens with one attached hydrogen (secondary N) is 1. The summed E-state index contributed by atoms with van der Waals surface area (Å²) in [6.07, 6.45) is 3.83. The van der Waals surface area contributed by atoms with Gasteiger partial charge in [0.25, 0.3) is 0 Å². The standard InChI is InChI=1S/C16H23ClN2O/c17-14-4-6-15(7-5-14)20-10-2-9-19-11-13-3-1-8-18-16(13)12-19/h4-7,13,16,18H,1-3,8-12H2. The summed E-state index contributed by atoms with van der Waals surface area (Å²) >= 11 is 5.85. The largest absolute Gasteiger partial charge is 0.494 e. The molecule has 2 fully saturated rings. The molecule has 2 saturated heterocycles. The van der Waals surface area contributed by atoms with Crippen molar-refractivity contribution in [3.05, 3.63) is 29.3 Å². The molecule has 0 aromatic heterocycles. The van der Waals surface area contributed by atoms with Crippen molar-refractivity contribution in [1.82, 2.24) is 10.2 Å². The molecule has 1 aromatic rings. The number of halogens is 1. The van der Waals surface area contributed by atoms with E-state index in [0.29, 0.717) is 0 Å². The number of nitrogens with zero attached hydrogens (tertiary/aromatic N) is 1. The van der Waals surface area contributed by atoms with Gasteiger partial charge in [0.05, 0.1) is 6.61 Å². The summed E-state index contributed by atoms with van der Waals surface area (Å²) in [5.41, 5.74) is 0. The molecule has 2 aliphatic heterocycles. The number of hydrogen-bond acceptors (Lipinski definition) is 3. The van der Waals surface area contributed by atoms with Gasteiger partial charge in [-0.05, 0) is 56.0 Å². The summed E-state index contributed by atoms with van der Waals surface area (Å²) in [6, 6.07) is 8.33. The van der Waals surface area contributed by atoms with Crippen molar-refractivity contribution in [2.24, 2.45) is 5.92 Å². The van der Waals surface area contributed by atoms with Gasteiger partial charge in [-0.3, -0.25) is 0 Å². The van der Waals surface area contributed by atoms with E-state index < -0.39 is 0 Å². The van der Waals surface area contributed by atoms with Crippen LogP contribution in [0.2, 0.25) is 5.02 Å². The normalized spacial score (nSPS) is 26.4. The Kier molecular flexibility index (Phi) is 4.81. The monoisotopic (exact) mass is 294 g/mol. The van der Waals surface area contributed by atoms with Gasteiger partial charge in [-0.2, -0.15) is 0 Å². The lowest BCUT2D eigenvalue weighted by Gasteiger charge is -2.24. The van der Waals surface area contributed by atoms with E-state index in [1.54, 1.807) is 0 Å². The maximum absolute atomic E-state index is 5.85. The topological polar surface area (TPSA) is 24.5 Å². The second kappa shape index (κ2) is 6.79. The number of ether oxygens (including phenoxy) is 1. The van der Waals surface area contributed by atoms with Crippen molar-refractivity contribution in [2.75, 3.05) is 32.8 Å². The molecule has 0 saturated carbocycles. The van der Waals surface area contributed by atoms with Crippen LogP contribution in [-0.2, 0) is 0 Å². The summed E-state index contributed by atoms with van der Waals surface area (Å²) in [4.78, 5) is 2.58. The average molecular weight is 295 g/mol. The lowest BCUT2D eigenvalue weighted by Crippen LogP contribution is -2.40. The highest BCUT2D eigenvalue weighted by Crippen LogP contribution is 2.24. The van der Waals surface area contributed by atoms with Crippen LogP contribution in [0.4, 0.5) is 0 Å². The molecule has 0 radical (unpaired) electrons. The van der Waals surface area contributed by atoms with E-state index >= 15 is 0 Å². The SMILES string of the molecule is Clc1ccc(OCCCN2CC3CCCNC3C2)cc1. The van der Waals surface area contributed by atoms with Crippen LogP contribution in [0.1, 0.15) is 19.3 Å². The van der Waals surface area contributed by atoms with Gasteiger partial charge < -0.3 is 15.0 Å². The molecule has 0 aliphatic carbocycles. The summed E-state index contributed by atoms with van der Waals surface area (Å²) in [6.45, 7) is 5.60. The smallest absolute Gasteiger partial charge is 0.119 e. The zero-order chi connectivity index (χ0) is 13.8. The van der Waals surface area contributed by atoms with Gasteiger partial charge in [0.1, 0.15) is 5.75 Å². The molecule has 2 atom stereocenters. The van der Waals surface area contributed by atoms with Crippen molar-refractivity contribution >= 4 is 11.6 Å². The van der Waals surface area contributed by atoms with E-state index in [9.17, 15) is 0 Å². The molecule has 2 unspecified atom stereocenters. The number of piperidine rings is 1. The molecular weight excluding hydrogens is 272 g/mol. The van der Waals surface area contributed by atoms with Gasteiger partial charge >= 0.3 is 0 Å². The fourth-order valence-electron chi connectivity index (χ4n) is 3.33. The zero-order valence-corrected chi connectivity index (χ0v) is 12.6. The van der Waals surface area contributed by atoms with E-state index in [1.165, 1.54) is 32.5 Å². The highest BCUT2D eigenvalue weighted by atomic mass is 35.5. The lowest BCUT2D eigenvalue weighted by atomic mass is 9.94. The third-order valence-electron chi connectivity index (χ3n) is 4.38. The van der Waals surface area contributed by atoms with Gasteiger partial charge in [0.2, 0.25) is 0 Å². The van der Waals surface area contributed by atoms with Crippen molar-refractivity contribution in [3.8, 4) is 5.75 Å². The minimum atomic E-state index is 0.737. The Bertz CT molecular complexity index is 409. The number of rotatable bonds is 5. The van der Waals surface area contributed by atoms with E-state index in [1.807, 2.05) is 24.3 Å². The molecular formula is C16H23ClN2O. The Labute approximate surface area is 126 Å². The number of fused-ring (bicyclic) bond motifs is 1. The first-order valence-electron chi connectivity index (χ1n) is 7.65. The number of hydrogen-bond donors (Lipinski definition) is 1. The van der Waals surface area contributed by atoms with Crippen molar-refractivity contribution in [1.29, 1.82) is 0 Å². The van der Waals surface area contributed by atoms with Crippen molar-refractivity contribution < 1.29 is 4.74 Å². The van der Waals surface area contributed by atoms with Crippen LogP contribution in [0.25, 0.3) is 0 Å². The average Bonchev–Trinajstić information content (AvgIpc) is 2.88. The second-order valence-electron chi connectivity index (χ2n) is 5.88.